The molecular weight excluding hydrogens is 168 g/mol. The smallest absolute Gasteiger partial charge is 0.253 e. The van der Waals surface area contributed by atoms with Gasteiger partial charge in [0.25, 0.3) is 5.91 Å². The van der Waals surface area contributed by atoms with Crippen molar-refractivity contribution in [2.45, 2.75) is 26.7 Å². The monoisotopic (exact) mass is 186 g/mol. The zero-order valence-corrected chi connectivity index (χ0v) is 8.34. The van der Waals surface area contributed by atoms with Crippen LogP contribution in [0.3, 0.4) is 0 Å². The summed E-state index contributed by atoms with van der Waals surface area (Å²) in [4.78, 5) is 11.7. The lowest BCUT2D eigenvalue weighted by atomic mass is 9.82. The van der Waals surface area contributed by atoms with E-state index < -0.39 is 5.41 Å². The van der Waals surface area contributed by atoms with Gasteiger partial charge >= 0.3 is 0 Å². The molecule has 76 valence electrons. The summed E-state index contributed by atoms with van der Waals surface area (Å²) in [6.45, 7) is 5.66. The second-order valence-electron chi connectivity index (χ2n) is 3.86. The van der Waals surface area contributed by atoms with E-state index in [0.717, 1.165) is 24.4 Å². The normalized spacial score (nSPS) is 28.5. The van der Waals surface area contributed by atoms with Crippen LogP contribution in [0.1, 0.15) is 26.7 Å². The molecule has 1 unspecified atom stereocenters. The average molecular weight is 186 g/mol. The maximum absolute atomic E-state index is 11.7. The SMILES string of the molecule is CCN(O)C(=O)C1(C)CCCNC1. The topological polar surface area (TPSA) is 52.6 Å². The molecule has 0 aromatic carbocycles. The van der Waals surface area contributed by atoms with Gasteiger partial charge in [0, 0.05) is 13.1 Å². The fourth-order valence-corrected chi connectivity index (χ4v) is 1.69. The zero-order chi connectivity index (χ0) is 9.90. The second kappa shape index (κ2) is 4.07. The third kappa shape index (κ3) is 2.19. The predicted molar refractivity (Wildman–Crippen MR) is 49.4 cm³/mol. The Morgan fingerprint density at radius 2 is 2.38 bits per heavy atom. The van der Waals surface area contributed by atoms with Gasteiger partial charge in [0.2, 0.25) is 0 Å². The highest BCUT2D eigenvalue weighted by Gasteiger charge is 2.37. The molecule has 0 saturated carbocycles. The standard InChI is InChI=1S/C9H18N2O2/c1-3-11(13)8(12)9(2)5-4-6-10-7-9/h10,13H,3-7H2,1-2H3. The van der Waals surface area contributed by atoms with E-state index in [0.29, 0.717) is 13.1 Å². The number of piperidine rings is 1. The molecule has 1 fully saturated rings. The van der Waals surface area contributed by atoms with Gasteiger partial charge < -0.3 is 5.32 Å². The number of rotatable bonds is 2. The molecule has 0 aromatic heterocycles. The van der Waals surface area contributed by atoms with E-state index in [-0.39, 0.29) is 5.91 Å². The second-order valence-corrected chi connectivity index (χ2v) is 3.86. The largest absolute Gasteiger partial charge is 0.316 e. The average Bonchev–Trinajstić information content (AvgIpc) is 2.16. The van der Waals surface area contributed by atoms with Crippen LogP contribution in [-0.4, -0.2) is 35.8 Å². The van der Waals surface area contributed by atoms with Crippen molar-refractivity contribution in [1.82, 2.24) is 10.4 Å². The molecule has 1 aliphatic heterocycles. The summed E-state index contributed by atoms with van der Waals surface area (Å²) >= 11 is 0. The molecule has 0 bridgehead atoms. The van der Waals surface area contributed by atoms with E-state index in [1.54, 1.807) is 6.92 Å². The number of carbonyl (C=O) groups is 1. The van der Waals surface area contributed by atoms with Crippen molar-refractivity contribution in [2.24, 2.45) is 5.41 Å². The van der Waals surface area contributed by atoms with Crippen LogP contribution < -0.4 is 5.32 Å². The molecule has 0 radical (unpaired) electrons. The number of hydrogen-bond donors (Lipinski definition) is 2. The van der Waals surface area contributed by atoms with Crippen LogP contribution in [0.15, 0.2) is 0 Å². The van der Waals surface area contributed by atoms with Crippen LogP contribution in [0, 0.1) is 5.41 Å². The molecule has 0 spiro atoms. The molecule has 4 heteroatoms. The summed E-state index contributed by atoms with van der Waals surface area (Å²) in [7, 11) is 0. The molecule has 1 amide bonds. The Morgan fingerprint density at radius 3 is 2.85 bits per heavy atom. The van der Waals surface area contributed by atoms with Gasteiger partial charge in [-0.15, -0.1) is 0 Å². The molecular formula is C9H18N2O2. The Kier molecular flexibility index (Phi) is 3.27. The minimum atomic E-state index is -0.414. The van der Waals surface area contributed by atoms with Crippen molar-refractivity contribution < 1.29 is 10.0 Å². The first-order valence-corrected chi connectivity index (χ1v) is 4.82. The first-order chi connectivity index (χ1) is 6.10. The summed E-state index contributed by atoms with van der Waals surface area (Å²) in [5.41, 5.74) is -0.414. The lowest BCUT2D eigenvalue weighted by Crippen LogP contribution is -2.49. The van der Waals surface area contributed by atoms with Crippen LogP contribution in [0.4, 0.5) is 0 Å². The Labute approximate surface area is 78.9 Å². The number of amides is 1. The van der Waals surface area contributed by atoms with Gasteiger partial charge in [-0.05, 0) is 33.2 Å². The first-order valence-electron chi connectivity index (χ1n) is 4.82. The van der Waals surface area contributed by atoms with Crippen molar-refractivity contribution >= 4 is 5.91 Å². The third-order valence-corrected chi connectivity index (χ3v) is 2.65. The molecule has 1 rings (SSSR count). The number of nitrogens with one attached hydrogen (secondary N) is 1. The quantitative estimate of drug-likeness (QED) is 0.491. The van der Waals surface area contributed by atoms with Crippen LogP contribution in [0.5, 0.6) is 0 Å². The molecule has 4 nitrogen and oxygen atoms in total. The van der Waals surface area contributed by atoms with Gasteiger partial charge in [0.05, 0.1) is 5.41 Å². The van der Waals surface area contributed by atoms with Crippen molar-refractivity contribution in [2.75, 3.05) is 19.6 Å². The van der Waals surface area contributed by atoms with Gasteiger partial charge in [-0.2, -0.15) is 0 Å². The Hall–Kier alpha value is -0.610. The highest BCUT2D eigenvalue weighted by atomic mass is 16.5. The van der Waals surface area contributed by atoms with Crippen molar-refractivity contribution in [3.05, 3.63) is 0 Å². The van der Waals surface area contributed by atoms with E-state index in [4.69, 9.17) is 0 Å². The molecule has 0 aromatic rings. The first kappa shape index (κ1) is 10.5. The van der Waals surface area contributed by atoms with Crippen molar-refractivity contribution in [3.8, 4) is 0 Å². The van der Waals surface area contributed by atoms with Crippen LogP contribution in [-0.2, 0) is 4.79 Å². The minimum Gasteiger partial charge on any atom is -0.316 e. The van der Waals surface area contributed by atoms with Gasteiger partial charge in [0.15, 0.2) is 0 Å². The maximum Gasteiger partial charge on any atom is 0.253 e. The summed E-state index contributed by atoms with van der Waals surface area (Å²) in [6.07, 6.45) is 1.86. The highest BCUT2D eigenvalue weighted by molar-refractivity contribution is 5.81. The van der Waals surface area contributed by atoms with Crippen LogP contribution in [0.25, 0.3) is 0 Å². The molecule has 1 atom stereocenters. The van der Waals surface area contributed by atoms with Crippen molar-refractivity contribution in [3.63, 3.8) is 0 Å². The number of nitrogens with zero attached hydrogens (tertiary/aromatic N) is 1. The predicted octanol–water partition coefficient (Wildman–Crippen LogP) is 0.614. The van der Waals surface area contributed by atoms with Gasteiger partial charge in [-0.3, -0.25) is 10.0 Å². The minimum absolute atomic E-state index is 0.165. The van der Waals surface area contributed by atoms with Gasteiger partial charge in [-0.1, -0.05) is 0 Å². The lowest BCUT2D eigenvalue weighted by molar-refractivity contribution is -0.176. The molecule has 1 saturated heterocycles. The molecule has 0 aliphatic carbocycles. The Balaban J connectivity index is 2.61. The van der Waals surface area contributed by atoms with E-state index in [2.05, 4.69) is 5.32 Å². The van der Waals surface area contributed by atoms with Gasteiger partial charge in [-0.25, -0.2) is 5.06 Å². The fraction of sp³-hybridized carbons (Fsp3) is 0.889. The maximum atomic E-state index is 11.7. The Morgan fingerprint density at radius 1 is 1.69 bits per heavy atom. The summed E-state index contributed by atoms with van der Waals surface area (Å²) in [5.74, 6) is -0.165. The summed E-state index contributed by atoms with van der Waals surface area (Å²) in [5, 5.41) is 13.3. The highest BCUT2D eigenvalue weighted by Crippen LogP contribution is 2.27. The van der Waals surface area contributed by atoms with Crippen LogP contribution in [0.2, 0.25) is 0 Å². The summed E-state index contributed by atoms with van der Waals surface area (Å²) in [6, 6.07) is 0. The molecule has 1 heterocycles. The molecule has 13 heavy (non-hydrogen) atoms. The van der Waals surface area contributed by atoms with E-state index in [9.17, 15) is 10.0 Å². The number of hydroxylamine groups is 2. The Bertz CT molecular complexity index is 188. The van der Waals surface area contributed by atoms with Crippen molar-refractivity contribution in [1.29, 1.82) is 0 Å². The fourth-order valence-electron chi connectivity index (χ4n) is 1.69. The number of hydrogen-bond acceptors (Lipinski definition) is 3. The molecule has 2 N–H and O–H groups in total. The number of carbonyl (C=O) groups excluding carboxylic acids is 1. The van der Waals surface area contributed by atoms with Gasteiger partial charge in [0.1, 0.15) is 0 Å². The summed E-state index contributed by atoms with van der Waals surface area (Å²) < 4.78 is 0. The zero-order valence-electron chi connectivity index (χ0n) is 8.34. The third-order valence-electron chi connectivity index (χ3n) is 2.65. The lowest BCUT2D eigenvalue weighted by Gasteiger charge is -2.34. The molecule has 1 aliphatic rings. The van der Waals surface area contributed by atoms with E-state index in [1.807, 2.05) is 6.92 Å². The van der Waals surface area contributed by atoms with Crippen LogP contribution >= 0.6 is 0 Å². The van der Waals surface area contributed by atoms with E-state index >= 15 is 0 Å². The van der Waals surface area contributed by atoms with E-state index in [1.165, 1.54) is 0 Å².